The van der Waals surface area contributed by atoms with Crippen LogP contribution in [0.5, 0.6) is 0 Å². The van der Waals surface area contributed by atoms with E-state index in [0.717, 1.165) is 5.56 Å². The van der Waals surface area contributed by atoms with E-state index >= 15 is 0 Å². The predicted molar refractivity (Wildman–Crippen MR) is 66.4 cm³/mol. The number of carbonyl (C=O) groups is 1. The molecule has 0 unspecified atom stereocenters. The van der Waals surface area contributed by atoms with Gasteiger partial charge in [0, 0.05) is 13.2 Å². The Morgan fingerprint density at radius 2 is 1.78 bits per heavy atom. The molecule has 0 aliphatic rings. The van der Waals surface area contributed by atoms with Crippen LogP contribution < -0.4 is 5.48 Å². The van der Waals surface area contributed by atoms with Crippen LogP contribution in [0.1, 0.15) is 19.4 Å². The van der Waals surface area contributed by atoms with Crippen molar-refractivity contribution >= 4 is 5.91 Å². The average molecular weight is 253 g/mol. The zero-order valence-corrected chi connectivity index (χ0v) is 10.7. The molecule has 0 saturated carbocycles. The predicted octanol–water partition coefficient (Wildman–Crippen LogP) is 1.63. The van der Waals surface area contributed by atoms with Crippen LogP contribution in [0.25, 0.3) is 0 Å². The molecule has 0 spiro atoms. The molecular weight excluding hydrogens is 234 g/mol. The maximum atomic E-state index is 11.6. The Kier molecular flexibility index (Phi) is 7.01. The fourth-order valence-corrected chi connectivity index (χ4v) is 1.32. The molecule has 18 heavy (non-hydrogen) atoms. The number of hydrogen-bond donors (Lipinski definition) is 1. The molecule has 0 radical (unpaired) electrons. The lowest BCUT2D eigenvalue weighted by Gasteiger charge is -2.16. The second kappa shape index (κ2) is 8.63. The molecule has 5 nitrogen and oxygen atoms in total. The molecule has 0 fully saturated rings. The Bertz CT molecular complexity index is 336. The number of nitrogens with one attached hydrogen (secondary N) is 1. The first-order valence-electron chi connectivity index (χ1n) is 5.96. The summed E-state index contributed by atoms with van der Waals surface area (Å²) in [4.78, 5) is 16.7. The number of rotatable bonds is 8. The van der Waals surface area contributed by atoms with Gasteiger partial charge in [-0.3, -0.25) is 9.63 Å². The molecule has 0 bridgehead atoms. The smallest absolute Gasteiger partial charge is 0.300 e. The zero-order chi connectivity index (χ0) is 13.2. The third kappa shape index (κ3) is 5.27. The van der Waals surface area contributed by atoms with Crippen molar-refractivity contribution in [3.05, 3.63) is 35.9 Å². The van der Waals surface area contributed by atoms with Crippen molar-refractivity contribution in [1.29, 1.82) is 0 Å². The molecule has 0 saturated heterocycles. The van der Waals surface area contributed by atoms with Gasteiger partial charge in [0.1, 0.15) is 0 Å². The van der Waals surface area contributed by atoms with Crippen LogP contribution in [0.3, 0.4) is 0 Å². The lowest BCUT2D eigenvalue weighted by molar-refractivity contribution is -0.182. The summed E-state index contributed by atoms with van der Waals surface area (Å²) in [6, 6.07) is 9.55. The molecular formula is C13H19NO4. The third-order valence-electron chi connectivity index (χ3n) is 2.10. The Morgan fingerprint density at radius 3 is 2.33 bits per heavy atom. The summed E-state index contributed by atoms with van der Waals surface area (Å²) in [7, 11) is 0. The van der Waals surface area contributed by atoms with E-state index in [9.17, 15) is 4.79 Å². The molecule has 0 aromatic heterocycles. The van der Waals surface area contributed by atoms with E-state index < -0.39 is 12.2 Å². The Morgan fingerprint density at radius 1 is 1.17 bits per heavy atom. The molecule has 100 valence electrons. The van der Waals surface area contributed by atoms with Gasteiger partial charge in [0.15, 0.2) is 0 Å². The summed E-state index contributed by atoms with van der Waals surface area (Å²) in [5.74, 6) is -0.436. The fourth-order valence-electron chi connectivity index (χ4n) is 1.32. The maximum absolute atomic E-state index is 11.6. The van der Waals surface area contributed by atoms with Gasteiger partial charge in [0.25, 0.3) is 5.91 Å². The van der Waals surface area contributed by atoms with Crippen LogP contribution in [0.2, 0.25) is 0 Å². The first-order valence-corrected chi connectivity index (χ1v) is 5.96. The summed E-state index contributed by atoms with van der Waals surface area (Å²) in [6.45, 7) is 4.69. The monoisotopic (exact) mass is 253 g/mol. The van der Waals surface area contributed by atoms with Crippen molar-refractivity contribution in [3.8, 4) is 0 Å². The summed E-state index contributed by atoms with van der Waals surface area (Å²) < 4.78 is 10.3. The standard InChI is InChI=1S/C13H19NO4/c1-3-16-13(17-4-2)12(15)14-18-10-11-8-6-5-7-9-11/h5-9,13H,3-4,10H2,1-2H3,(H,14,15). The molecule has 1 rings (SSSR count). The van der Waals surface area contributed by atoms with E-state index in [0.29, 0.717) is 19.8 Å². The van der Waals surface area contributed by atoms with Gasteiger partial charge >= 0.3 is 0 Å². The first kappa shape index (κ1) is 14.6. The topological polar surface area (TPSA) is 56.8 Å². The number of hydroxylamine groups is 1. The number of ether oxygens (including phenoxy) is 2. The Balaban J connectivity index is 2.30. The zero-order valence-electron chi connectivity index (χ0n) is 10.7. The molecule has 0 aliphatic heterocycles. The highest BCUT2D eigenvalue weighted by Crippen LogP contribution is 2.00. The second-order valence-corrected chi connectivity index (χ2v) is 3.48. The van der Waals surface area contributed by atoms with Gasteiger partial charge in [-0.25, -0.2) is 5.48 Å². The van der Waals surface area contributed by atoms with Crippen LogP contribution >= 0.6 is 0 Å². The van der Waals surface area contributed by atoms with Crippen LogP contribution in [0.4, 0.5) is 0 Å². The van der Waals surface area contributed by atoms with E-state index in [-0.39, 0.29) is 0 Å². The van der Waals surface area contributed by atoms with Crippen LogP contribution in [-0.4, -0.2) is 25.4 Å². The van der Waals surface area contributed by atoms with Crippen molar-refractivity contribution < 1.29 is 19.1 Å². The lowest BCUT2D eigenvalue weighted by atomic mass is 10.2. The maximum Gasteiger partial charge on any atom is 0.300 e. The Hall–Kier alpha value is -1.43. The highest BCUT2D eigenvalue weighted by Gasteiger charge is 2.18. The molecule has 5 heteroatoms. The molecule has 0 aliphatic carbocycles. The van der Waals surface area contributed by atoms with Gasteiger partial charge in [0.05, 0.1) is 6.61 Å². The number of hydrogen-bond acceptors (Lipinski definition) is 4. The fraction of sp³-hybridized carbons (Fsp3) is 0.462. The summed E-state index contributed by atoms with van der Waals surface area (Å²) in [5, 5.41) is 0. The van der Waals surface area contributed by atoms with Gasteiger partial charge in [0.2, 0.25) is 6.29 Å². The van der Waals surface area contributed by atoms with E-state index in [2.05, 4.69) is 5.48 Å². The van der Waals surface area contributed by atoms with Gasteiger partial charge in [-0.15, -0.1) is 0 Å². The first-order chi connectivity index (χ1) is 8.77. The summed E-state index contributed by atoms with van der Waals surface area (Å²) >= 11 is 0. The van der Waals surface area contributed by atoms with Crippen LogP contribution in [-0.2, 0) is 25.7 Å². The molecule has 0 atom stereocenters. The van der Waals surface area contributed by atoms with Crippen molar-refractivity contribution in [2.45, 2.75) is 26.7 Å². The van der Waals surface area contributed by atoms with Gasteiger partial charge in [-0.05, 0) is 19.4 Å². The second-order valence-electron chi connectivity index (χ2n) is 3.48. The van der Waals surface area contributed by atoms with Crippen molar-refractivity contribution in [2.75, 3.05) is 13.2 Å². The minimum Gasteiger partial charge on any atom is -0.345 e. The van der Waals surface area contributed by atoms with Crippen molar-refractivity contribution in [2.24, 2.45) is 0 Å². The van der Waals surface area contributed by atoms with Gasteiger partial charge in [-0.2, -0.15) is 0 Å². The van der Waals surface area contributed by atoms with Gasteiger partial charge < -0.3 is 9.47 Å². The van der Waals surface area contributed by atoms with E-state index in [4.69, 9.17) is 14.3 Å². The van der Waals surface area contributed by atoms with E-state index in [1.54, 1.807) is 13.8 Å². The Labute approximate surface area is 107 Å². The van der Waals surface area contributed by atoms with Crippen molar-refractivity contribution in [1.82, 2.24) is 5.48 Å². The summed E-state index contributed by atoms with van der Waals surface area (Å²) in [5.41, 5.74) is 3.29. The third-order valence-corrected chi connectivity index (χ3v) is 2.10. The minimum atomic E-state index is -0.921. The molecule has 1 amide bonds. The highest BCUT2D eigenvalue weighted by atomic mass is 16.7. The lowest BCUT2D eigenvalue weighted by Crippen LogP contribution is -2.38. The number of amides is 1. The summed E-state index contributed by atoms with van der Waals surface area (Å²) in [6.07, 6.45) is -0.921. The largest absolute Gasteiger partial charge is 0.345 e. The minimum absolute atomic E-state index is 0.303. The highest BCUT2D eigenvalue weighted by molar-refractivity contribution is 5.78. The van der Waals surface area contributed by atoms with Crippen molar-refractivity contribution in [3.63, 3.8) is 0 Å². The quantitative estimate of drug-likeness (QED) is 0.565. The number of carbonyl (C=O) groups excluding carboxylic acids is 1. The SMILES string of the molecule is CCOC(OCC)C(=O)NOCc1ccccc1. The molecule has 1 N–H and O–H groups in total. The van der Waals surface area contributed by atoms with Crippen LogP contribution in [0, 0.1) is 0 Å². The molecule has 1 aromatic carbocycles. The average Bonchev–Trinajstić information content (AvgIpc) is 2.39. The van der Waals surface area contributed by atoms with E-state index in [1.807, 2.05) is 30.3 Å². The molecule has 1 aromatic rings. The normalized spacial score (nSPS) is 10.6. The number of benzene rings is 1. The van der Waals surface area contributed by atoms with E-state index in [1.165, 1.54) is 0 Å². The molecule has 0 heterocycles. The van der Waals surface area contributed by atoms with Gasteiger partial charge in [-0.1, -0.05) is 30.3 Å². The van der Waals surface area contributed by atoms with Crippen LogP contribution in [0.15, 0.2) is 30.3 Å².